The van der Waals surface area contributed by atoms with Crippen molar-refractivity contribution in [2.45, 2.75) is 50.0 Å². The number of carbonyl (C=O) groups excluding carboxylic acids is 1. The first-order valence-corrected chi connectivity index (χ1v) is 9.18. The van der Waals surface area contributed by atoms with Crippen molar-refractivity contribution in [3.63, 3.8) is 0 Å². The molecular formula is C19H25N3O4. The molecule has 1 saturated heterocycles. The predicted molar refractivity (Wildman–Crippen MR) is 95.9 cm³/mol. The van der Waals surface area contributed by atoms with Crippen LogP contribution in [0.15, 0.2) is 24.5 Å². The molecule has 2 aliphatic rings. The highest BCUT2D eigenvalue weighted by atomic mass is 16.5. The number of rotatable bonds is 4. The lowest BCUT2D eigenvalue weighted by atomic mass is 9.79. The van der Waals surface area contributed by atoms with Gasteiger partial charge in [0.25, 0.3) is 5.91 Å². The summed E-state index contributed by atoms with van der Waals surface area (Å²) in [5.74, 6) is -0.0402. The summed E-state index contributed by atoms with van der Waals surface area (Å²) in [5.41, 5.74) is 1.90. The Bertz CT molecular complexity index is 820. The van der Waals surface area contributed by atoms with Crippen LogP contribution in [0.4, 0.5) is 0 Å². The lowest BCUT2D eigenvalue weighted by Gasteiger charge is -2.42. The lowest BCUT2D eigenvalue weighted by molar-refractivity contribution is -0.0824. The minimum Gasteiger partial charge on any atom is -0.395 e. The standard InChI is InChI=1S/C19H25N3O4/c1-26-19-5-4-14(24)11-17(19)22(7-6-19)18(25)13-2-3-16-15(10-13)20-12-21(16)8-9-23/h2-3,10,12,14,17,23-24H,4-9,11H2,1H3/t14-,17-,19+/m0/s1. The van der Waals surface area contributed by atoms with Crippen LogP contribution in [0.2, 0.25) is 0 Å². The van der Waals surface area contributed by atoms with Gasteiger partial charge in [-0.15, -0.1) is 0 Å². The second-order valence-corrected chi connectivity index (χ2v) is 7.33. The molecule has 1 amide bonds. The average molecular weight is 359 g/mol. The summed E-state index contributed by atoms with van der Waals surface area (Å²) < 4.78 is 7.69. The van der Waals surface area contributed by atoms with E-state index >= 15 is 0 Å². The summed E-state index contributed by atoms with van der Waals surface area (Å²) >= 11 is 0. The van der Waals surface area contributed by atoms with Gasteiger partial charge in [-0.1, -0.05) is 0 Å². The van der Waals surface area contributed by atoms with E-state index in [1.807, 2.05) is 21.6 Å². The molecule has 4 rings (SSSR count). The van der Waals surface area contributed by atoms with Crippen LogP contribution in [0.3, 0.4) is 0 Å². The molecule has 1 aromatic carbocycles. The first-order valence-electron chi connectivity index (χ1n) is 9.18. The zero-order valence-electron chi connectivity index (χ0n) is 15.0. The van der Waals surface area contributed by atoms with Gasteiger partial charge in [0.2, 0.25) is 0 Å². The molecule has 26 heavy (non-hydrogen) atoms. The van der Waals surface area contributed by atoms with E-state index in [9.17, 15) is 9.90 Å². The largest absolute Gasteiger partial charge is 0.395 e. The van der Waals surface area contributed by atoms with E-state index in [2.05, 4.69) is 4.98 Å². The van der Waals surface area contributed by atoms with Gasteiger partial charge in [0.05, 0.1) is 41.7 Å². The highest BCUT2D eigenvalue weighted by molar-refractivity contribution is 5.97. The Morgan fingerprint density at radius 3 is 3.04 bits per heavy atom. The van der Waals surface area contributed by atoms with Crippen molar-refractivity contribution >= 4 is 16.9 Å². The number of imidazole rings is 1. The zero-order valence-corrected chi connectivity index (χ0v) is 15.0. The first-order chi connectivity index (χ1) is 12.6. The van der Waals surface area contributed by atoms with Gasteiger partial charge in [-0.3, -0.25) is 4.79 Å². The second-order valence-electron chi connectivity index (χ2n) is 7.33. The number of benzene rings is 1. The molecule has 7 nitrogen and oxygen atoms in total. The monoisotopic (exact) mass is 359 g/mol. The molecule has 2 aromatic rings. The number of ether oxygens (including phenoxy) is 1. The van der Waals surface area contributed by atoms with Gasteiger partial charge in [0.1, 0.15) is 0 Å². The SMILES string of the molecule is CO[C@@]12CC[C@H](O)C[C@@H]1N(C(=O)c1ccc3c(c1)ncn3CCO)CC2. The Morgan fingerprint density at radius 2 is 2.27 bits per heavy atom. The van der Waals surface area contributed by atoms with Crippen molar-refractivity contribution in [3.05, 3.63) is 30.1 Å². The molecule has 0 unspecified atom stereocenters. The predicted octanol–water partition coefficient (Wildman–Crippen LogP) is 1.17. The van der Waals surface area contributed by atoms with E-state index in [-0.39, 0.29) is 30.3 Å². The highest BCUT2D eigenvalue weighted by Crippen LogP contribution is 2.43. The average Bonchev–Trinajstić information content (AvgIpc) is 3.23. The number of fused-ring (bicyclic) bond motifs is 2. The number of likely N-dealkylation sites (tertiary alicyclic amines) is 1. The van der Waals surface area contributed by atoms with Crippen LogP contribution in [-0.4, -0.2) is 68.6 Å². The fourth-order valence-corrected chi connectivity index (χ4v) is 4.57. The van der Waals surface area contributed by atoms with Crippen LogP contribution in [0.25, 0.3) is 11.0 Å². The second kappa shape index (κ2) is 6.64. The topological polar surface area (TPSA) is 87.8 Å². The normalized spacial score (nSPS) is 28.5. The maximum absolute atomic E-state index is 13.2. The smallest absolute Gasteiger partial charge is 0.254 e. The van der Waals surface area contributed by atoms with Crippen LogP contribution in [0, 0.1) is 0 Å². The summed E-state index contributed by atoms with van der Waals surface area (Å²) in [7, 11) is 1.71. The molecule has 1 aromatic heterocycles. The summed E-state index contributed by atoms with van der Waals surface area (Å²) in [6, 6.07) is 5.40. The summed E-state index contributed by atoms with van der Waals surface area (Å²) in [4.78, 5) is 19.4. The van der Waals surface area contributed by atoms with Gasteiger partial charge in [0.15, 0.2) is 0 Å². The maximum Gasteiger partial charge on any atom is 0.254 e. The van der Waals surface area contributed by atoms with Crippen molar-refractivity contribution < 1.29 is 19.7 Å². The Kier molecular flexibility index (Phi) is 4.46. The minimum absolute atomic E-state index is 0.0402. The number of carbonyl (C=O) groups is 1. The number of aromatic nitrogens is 2. The van der Waals surface area contributed by atoms with Crippen molar-refractivity contribution in [2.75, 3.05) is 20.3 Å². The Labute approximate surface area is 152 Å². The summed E-state index contributed by atoms with van der Waals surface area (Å²) in [6.45, 7) is 1.16. The molecule has 1 saturated carbocycles. The van der Waals surface area contributed by atoms with E-state index in [1.54, 1.807) is 19.5 Å². The van der Waals surface area contributed by atoms with Crippen LogP contribution in [-0.2, 0) is 11.3 Å². The number of hydrogen-bond acceptors (Lipinski definition) is 5. The number of hydrogen-bond donors (Lipinski definition) is 2. The maximum atomic E-state index is 13.2. The van der Waals surface area contributed by atoms with E-state index in [4.69, 9.17) is 9.84 Å². The molecule has 7 heteroatoms. The number of amides is 1. The molecule has 1 aliphatic heterocycles. The minimum atomic E-state index is -0.381. The lowest BCUT2D eigenvalue weighted by Crippen LogP contribution is -2.52. The number of methoxy groups -OCH3 is 1. The fraction of sp³-hybridized carbons (Fsp3) is 0.579. The third-order valence-corrected chi connectivity index (χ3v) is 6.03. The van der Waals surface area contributed by atoms with Crippen molar-refractivity contribution in [1.29, 1.82) is 0 Å². The summed E-state index contributed by atoms with van der Waals surface area (Å²) in [6.07, 6.45) is 4.17. The van der Waals surface area contributed by atoms with Crippen molar-refractivity contribution in [2.24, 2.45) is 0 Å². The van der Waals surface area contributed by atoms with Crippen molar-refractivity contribution in [1.82, 2.24) is 14.5 Å². The number of nitrogens with zero attached hydrogens (tertiary/aromatic N) is 3. The van der Waals surface area contributed by atoms with E-state index < -0.39 is 0 Å². The fourth-order valence-electron chi connectivity index (χ4n) is 4.57. The van der Waals surface area contributed by atoms with E-state index in [0.29, 0.717) is 25.1 Å². The van der Waals surface area contributed by atoms with Crippen LogP contribution >= 0.6 is 0 Å². The molecule has 3 atom stereocenters. The third-order valence-electron chi connectivity index (χ3n) is 6.03. The molecule has 0 spiro atoms. The Balaban J connectivity index is 1.62. The van der Waals surface area contributed by atoms with Gasteiger partial charge in [-0.05, 0) is 43.9 Å². The number of aliphatic hydroxyl groups excluding tert-OH is 2. The number of aliphatic hydroxyl groups is 2. The van der Waals surface area contributed by atoms with E-state index in [1.165, 1.54) is 0 Å². The zero-order chi connectivity index (χ0) is 18.3. The van der Waals surface area contributed by atoms with Crippen LogP contribution < -0.4 is 0 Å². The third kappa shape index (κ3) is 2.71. The molecule has 1 aliphatic carbocycles. The van der Waals surface area contributed by atoms with Gasteiger partial charge in [0, 0.05) is 25.8 Å². The quantitative estimate of drug-likeness (QED) is 0.856. The highest BCUT2D eigenvalue weighted by Gasteiger charge is 2.52. The van der Waals surface area contributed by atoms with Gasteiger partial charge in [-0.2, -0.15) is 0 Å². The molecule has 140 valence electrons. The molecule has 0 bridgehead atoms. The molecular weight excluding hydrogens is 334 g/mol. The molecule has 2 heterocycles. The van der Waals surface area contributed by atoms with Gasteiger partial charge in [-0.25, -0.2) is 4.98 Å². The molecule has 2 fully saturated rings. The van der Waals surface area contributed by atoms with E-state index in [0.717, 1.165) is 30.3 Å². The van der Waals surface area contributed by atoms with Gasteiger partial charge < -0.3 is 24.4 Å². The first kappa shape index (κ1) is 17.5. The summed E-state index contributed by atoms with van der Waals surface area (Å²) in [5, 5.41) is 19.2. The molecule has 0 radical (unpaired) electrons. The van der Waals surface area contributed by atoms with Crippen molar-refractivity contribution in [3.8, 4) is 0 Å². The van der Waals surface area contributed by atoms with Crippen LogP contribution in [0.5, 0.6) is 0 Å². The van der Waals surface area contributed by atoms with Crippen LogP contribution in [0.1, 0.15) is 36.0 Å². The molecule has 2 N–H and O–H groups in total. The van der Waals surface area contributed by atoms with Gasteiger partial charge >= 0.3 is 0 Å². The Hall–Kier alpha value is -1.96. The Morgan fingerprint density at radius 1 is 1.42 bits per heavy atom.